The van der Waals surface area contributed by atoms with Crippen LogP contribution in [0.2, 0.25) is 0 Å². The Morgan fingerprint density at radius 1 is 1.50 bits per heavy atom. The van der Waals surface area contributed by atoms with Crippen molar-refractivity contribution in [2.24, 2.45) is 0 Å². The van der Waals surface area contributed by atoms with E-state index in [0.29, 0.717) is 24.4 Å². The number of ether oxygens (including phenoxy) is 1. The zero-order valence-corrected chi connectivity index (χ0v) is 9.34. The van der Waals surface area contributed by atoms with Crippen molar-refractivity contribution in [2.75, 3.05) is 26.0 Å². The summed E-state index contributed by atoms with van der Waals surface area (Å²) in [5, 5.41) is 5.52. The third-order valence-electron chi connectivity index (χ3n) is 2.04. The van der Waals surface area contributed by atoms with Gasteiger partial charge in [0.2, 0.25) is 5.91 Å². The van der Waals surface area contributed by atoms with Crippen molar-refractivity contribution in [1.82, 2.24) is 5.32 Å². The third-order valence-corrected chi connectivity index (χ3v) is 2.04. The van der Waals surface area contributed by atoms with E-state index in [1.54, 1.807) is 7.05 Å². The van der Waals surface area contributed by atoms with Gasteiger partial charge in [-0.1, -0.05) is 0 Å². The number of nitrogens with one attached hydrogen (secondary N) is 2. The van der Waals surface area contributed by atoms with Crippen molar-refractivity contribution in [1.29, 1.82) is 0 Å². The van der Waals surface area contributed by atoms with Gasteiger partial charge in [0.1, 0.15) is 11.6 Å². The van der Waals surface area contributed by atoms with Gasteiger partial charge in [0.15, 0.2) is 0 Å². The second-order valence-electron chi connectivity index (χ2n) is 3.25. The van der Waals surface area contributed by atoms with E-state index >= 15 is 0 Å². The second kappa shape index (κ2) is 6.07. The quantitative estimate of drug-likeness (QED) is 0.797. The van der Waals surface area contributed by atoms with Crippen LogP contribution in [-0.4, -0.2) is 26.6 Å². The van der Waals surface area contributed by atoms with Crippen molar-refractivity contribution < 1.29 is 13.9 Å². The number of rotatable bonds is 5. The van der Waals surface area contributed by atoms with Gasteiger partial charge in [-0.25, -0.2) is 4.39 Å². The molecule has 16 heavy (non-hydrogen) atoms. The summed E-state index contributed by atoms with van der Waals surface area (Å²) in [5.41, 5.74) is 0.477. The van der Waals surface area contributed by atoms with E-state index in [0.717, 1.165) is 0 Å². The third kappa shape index (κ3) is 3.51. The van der Waals surface area contributed by atoms with E-state index in [9.17, 15) is 9.18 Å². The Morgan fingerprint density at radius 2 is 2.25 bits per heavy atom. The van der Waals surface area contributed by atoms with Crippen LogP contribution >= 0.6 is 0 Å². The molecule has 0 heterocycles. The van der Waals surface area contributed by atoms with E-state index in [1.807, 2.05) is 0 Å². The fraction of sp³-hybridized carbons (Fsp3) is 0.364. The van der Waals surface area contributed by atoms with Crippen LogP contribution in [0.4, 0.5) is 10.1 Å². The van der Waals surface area contributed by atoms with Crippen molar-refractivity contribution in [3.05, 3.63) is 24.0 Å². The first-order valence-corrected chi connectivity index (χ1v) is 4.95. The first-order chi connectivity index (χ1) is 7.67. The van der Waals surface area contributed by atoms with Gasteiger partial charge in [-0.15, -0.1) is 0 Å². The molecule has 0 saturated carbocycles. The molecule has 0 aromatic heterocycles. The Hall–Kier alpha value is -1.62. The highest BCUT2D eigenvalue weighted by Crippen LogP contribution is 2.24. The Kier molecular flexibility index (Phi) is 4.72. The number of halogens is 1. The molecule has 88 valence electrons. The van der Waals surface area contributed by atoms with Gasteiger partial charge in [-0.2, -0.15) is 0 Å². The number of carbonyl (C=O) groups is 1. The Morgan fingerprint density at radius 3 is 2.88 bits per heavy atom. The van der Waals surface area contributed by atoms with Gasteiger partial charge in [0, 0.05) is 19.0 Å². The highest BCUT2D eigenvalue weighted by Gasteiger charge is 2.07. The molecular formula is C11H15FN2O2. The average molecular weight is 226 g/mol. The Bertz CT molecular complexity index is 369. The first kappa shape index (κ1) is 12.4. The fourth-order valence-corrected chi connectivity index (χ4v) is 1.22. The molecule has 4 nitrogen and oxygen atoms in total. The SMILES string of the molecule is CNCCC(=O)Nc1ccc(F)cc1OC. The van der Waals surface area contributed by atoms with E-state index in [1.165, 1.54) is 25.3 Å². The lowest BCUT2D eigenvalue weighted by Crippen LogP contribution is -2.19. The normalized spacial score (nSPS) is 9.94. The summed E-state index contributed by atoms with van der Waals surface area (Å²) in [7, 11) is 3.20. The second-order valence-corrected chi connectivity index (χ2v) is 3.25. The molecule has 0 bridgehead atoms. The van der Waals surface area contributed by atoms with Crippen LogP contribution in [-0.2, 0) is 4.79 Å². The first-order valence-electron chi connectivity index (χ1n) is 4.95. The van der Waals surface area contributed by atoms with E-state index < -0.39 is 5.82 Å². The van der Waals surface area contributed by atoms with Crippen LogP contribution in [0, 0.1) is 5.82 Å². The molecule has 1 rings (SSSR count). The molecule has 0 aliphatic rings. The van der Waals surface area contributed by atoms with Gasteiger partial charge >= 0.3 is 0 Å². The molecule has 0 saturated heterocycles. The molecule has 0 aliphatic carbocycles. The number of methoxy groups -OCH3 is 1. The molecular weight excluding hydrogens is 211 g/mol. The van der Waals surface area contributed by atoms with Crippen molar-refractivity contribution >= 4 is 11.6 Å². The minimum Gasteiger partial charge on any atom is -0.494 e. The van der Waals surface area contributed by atoms with Crippen LogP contribution < -0.4 is 15.4 Å². The maximum absolute atomic E-state index is 12.9. The van der Waals surface area contributed by atoms with Crippen LogP contribution in [0.5, 0.6) is 5.75 Å². The van der Waals surface area contributed by atoms with Crippen molar-refractivity contribution in [3.63, 3.8) is 0 Å². The molecule has 0 fully saturated rings. The molecule has 0 aliphatic heterocycles. The number of hydrogen-bond acceptors (Lipinski definition) is 3. The van der Waals surface area contributed by atoms with Gasteiger partial charge < -0.3 is 15.4 Å². The number of amides is 1. The smallest absolute Gasteiger partial charge is 0.225 e. The number of carbonyl (C=O) groups excluding carboxylic acids is 1. The zero-order chi connectivity index (χ0) is 12.0. The van der Waals surface area contributed by atoms with Crippen LogP contribution in [0.3, 0.4) is 0 Å². The minimum atomic E-state index is -0.398. The maximum Gasteiger partial charge on any atom is 0.225 e. The molecule has 1 amide bonds. The lowest BCUT2D eigenvalue weighted by Gasteiger charge is -2.09. The molecule has 5 heteroatoms. The number of benzene rings is 1. The van der Waals surface area contributed by atoms with Gasteiger partial charge in [0.05, 0.1) is 12.8 Å². The van der Waals surface area contributed by atoms with Crippen molar-refractivity contribution in [3.8, 4) is 5.75 Å². The summed E-state index contributed by atoms with van der Waals surface area (Å²) in [6, 6.07) is 3.98. The standard InChI is InChI=1S/C11H15FN2O2/c1-13-6-5-11(15)14-9-4-3-8(12)7-10(9)16-2/h3-4,7,13H,5-6H2,1-2H3,(H,14,15). The number of hydrogen-bond donors (Lipinski definition) is 2. The summed E-state index contributed by atoms with van der Waals surface area (Å²) in [6.07, 6.45) is 0.358. The summed E-state index contributed by atoms with van der Waals surface area (Å²) in [5.74, 6) is -0.220. The predicted octanol–water partition coefficient (Wildman–Crippen LogP) is 1.38. The van der Waals surface area contributed by atoms with Crippen molar-refractivity contribution in [2.45, 2.75) is 6.42 Å². The Labute approximate surface area is 93.8 Å². The lowest BCUT2D eigenvalue weighted by molar-refractivity contribution is -0.116. The van der Waals surface area contributed by atoms with Gasteiger partial charge in [0.25, 0.3) is 0 Å². The zero-order valence-electron chi connectivity index (χ0n) is 9.34. The monoisotopic (exact) mass is 226 g/mol. The largest absolute Gasteiger partial charge is 0.494 e. The fourth-order valence-electron chi connectivity index (χ4n) is 1.22. The molecule has 0 spiro atoms. The molecule has 2 N–H and O–H groups in total. The van der Waals surface area contributed by atoms with Crippen LogP contribution in [0.25, 0.3) is 0 Å². The topological polar surface area (TPSA) is 50.4 Å². The summed E-state index contributed by atoms with van der Waals surface area (Å²) >= 11 is 0. The van der Waals surface area contributed by atoms with E-state index in [4.69, 9.17) is 4.74 Å². The molecule has 0 radical (unpaired) electrons. The van der Waals surface area contributed by atoms with Gasteiger partial charge in [-0.05, 0) is 19.2 Å². The molecule has 0 unspecified atom stereocenters. The lowest BCUT2D eigenvalue weighted by atomic mass is 10.2. The van der Waals surface area contributed by atoms with E-state index in [2.05, 4.69) is 10.6 Å². The van der Waals surface area contributed by atoms with E-state index in [-0.39, 0.29) is 5.91 Å². The summed E-state index contributed by atoms with van der Waals surface area (Å²) in [6.45, 7) is 0.593. The van der Waals surface area contributed by atoms with Crippen LogP contribution in [0.1, 0.15) is 6.42 Å². The highest BCUT2D eigenvalue weighted by molar-refractivity contribution is 5.92. The summed E-state index contributed by atoms with van der Waals surface area (Å²) < 4.78 is 17.8. The minimum absolute atomic E-state index is 0.140. The summed E-state index contributed by atoms with van der Waals surface area (Å²) in [4.78, 5) is 11.4. The molecule has 0 atom stereocenters. The maximum atomic E-state index is 12.9. The van der Waals surface area contributed by atoms with Gasteiger partial charge in [-0.3, -0.25) is 4.79 Å². The Balaban J connectivity index is 2.69. The average Bonchev–Trinajstić information content (AvgIpc) is 2.28. The molecule has 1 aromatic rings. The molecule has 1 aromatic carbocycles. The highest BCUT2D eigenvalue weighted by atomic mass is 19.1. The van der Waals surface area contributed by atoms with Crippen LogP contribution in [0.15, 0.2) is 18.2 Å². The predicted molar refractivity (Wildman–Crippen MR) is 60.1 cm³/mol. The number of anilines is 1.